The molecule has 0 spiro atoms. The van der Waals surface area contributed by atoms with Crippen LogP contribution in [0.3, 0.4) is 0 Å². The van der Waals surface area contributed by atoms with Crippen LogP contribution in [0.4, 0.5) is 5.69 Å². The van der Waals surface area contributed by atoms with Gasteiger partial charge >= 0.3 is 5.97 Å². The molecule has 0 aliphatic heterocycles. The van der Waals surface area contributed by atoms with E-state index in [1.807, 2.05) is 6.92 Å². The lowest BCUT2D eigenvalue weighted by atomic mass is 10.1. The summed E-state index contributed by atoms with van der Waals surface area (Å²) in [6.45, 7) is 1.87. The summed E-state index contributed by atoms with van der Waals surface area (Å²) in [5, 5.41) is 3.96. The van der Waals surface area contributed by atoms with Gasteiger partial charge in [0.05, 0.1) is 23.4 Å². The van der Waals surface area contributed by atoms with Crippen molar-refractivity contribution in [3.05, 3.63) is 68.8 Å². The van der Waals surface area contributed by atoms with E-state index in [1.54, 1.807) is 42.5 Å². The molecule has 3 rings (SSSR count). The van der Waals surface area contributed by atoms with Gasteiger partial charge in [-0.05, 0) is 36.8 Å². The minimum atomic E-state index is -0.750. The van der Waals surface area contributed by atoms with Crippen molar-refractivity contribution in [1.29, 1.82) is 0 Å². The maximum absolute atomic E-state index is 12.7. The number of anilines is 1. The van der Waals surface area contributed by atoms with Gasteiger partial charge in [0.25, 0.3) is 0 Å². The van der Waals surface area contributed by atoms with Crippen LogP contribution < -0.4 is 10.7 Å². The maximum atomic E-state index is 12.7. The number of hydrogen-bond acceptors (Lipinski definition) is 5. The van der Waals surface area contributed by atoms with Crippen molar-refractivity contribution in [3.8, 4) is 0 Å². The number of H-pyrrole nitrogens is 1. The number of carbonyl (C=O) groups is 2. The van der Waals surface area contributed by atoms with Gasteiger partial charge in [-0.15, -0.1) is 0 Å². The fourth-order valence-electron chi connectivity index (χ4n) is 2.61. The summed E-state index contributed by atoms with van der Waals surface area (Å²) >= 11 is 7.12. The number of para-hydroxylation sites is 1. The lowest BCUT2D eigenvalue weighted by molar-refractivity contribution is -0.113. The van der Waals surface area contributed by atoms with E-state index in [9.17, 15) is 14.4 Å². The first-order valence-electron chi connectivity index (χ1n) is 8.33. The molecule has 0 fully saturated rings. The number of carbonyl (C=O) groups excluding carboxylic acids is 2. The van der Waals surface area contributed by atoms with Gasteiger partial charge in [0, 0.05) is 16.1 Å². The number of benzene rings is 2. The first kappa shape index (κ1) is 20.0. The van der Waals surface area contributed by atoms with Gasteiger partial charge in [0.1, 0.15) is 5.56 Å². The second kappa shape index (κ2) is 8.50. The van der Waals surface area contributed by atoms with Gasteiger partial charge < -0.3 is 15.0 Å². The first-order chi connectivity index (χ1) is 13.4. The van der Waals surface area contributed by atoms with Crippen molar-refractivity contribution >= 4 is 51.8 Å². The normalized spacial score (nSPS) is 10.7. The van der Waals surface area contributed by atoms with Crippen LogP contribution in [0.25, 0.3) is 10.9 Å². The van der Waals surface area contributed by atoms with Gasteiger partial charge in [-0.25, -0.2) is 4.79 Å². The summed E-state index contributed by atoms with van der Waals surface area (Å²) in [4.78, 5) is 40.2. The number of aromatic nitrogens is 1. The Morgan fingerprint density at radius 3 is 2.68 bits per heavy atom. The summed E-state index contributed by atoms with van der Waals surface area (Å²) < 4.78 is 4.75. The van der Waals surface area contributed by atoms with Crippen molar-refractivity contribution in [1.82, 2.24) is 4.98 Å². The molecular formula is C20H17ClN2O4S. The number of hydrogen-bond donors (Lipinski definition) is 2. The van der Waals surface area contributed by atoms with E-state index < -0.39 is 11.4 Å². The largest absolute Gasteiger partial charge is 0.465 e. The van der Waals surface area contributed by atoms with Crippen LogP contribution in [-0.4, -0.2) is 29.7 Å². The molecular weight excluding hydrogens is 400 g/mol. The molecule has 0 saturated heterocycles. The van der Waals surface area contributed by atoms with Gasteiger partial charge in [0.15, 0.2) is 0 Å². The zero-order valence-corrected chi connectivity index (χ0v) is 16.7. The van der Waals surface area contributed by atoms with Crippen molar-refractivity contribution < 1.29 is 14.3 Å². The third-order valence-corrected chi connectivity index (χ3v) is 5.48. The summed E-state index contributed by atoms with van der Waals surface area (Å²) in [5.41, 5.74) is 1.51. The Morgan fingerprint density at radius 1 is 1.21 bits per heavy atom. The van der Waals surface area contributed by atoms with Gasteiger partial charge in [-0.1, -0.05) is 41.6 Å². The summed E-state index contributed by atoms with van der Waals surface area (Å²) in [6.07, 6.45) is 0. The number of esters is 1. The predicted octanol–water partition coefficient (Wildman–Crippen LogP) is 4.01. The van der Waals surface area contributed by atoms with Gasteiger partial charge in [-0.2, -0.15) is 0 Å². The fourth-order valence-corrected chi connectivity index (χ4v) is 3.64. The van der Waals surface area contributed by atoms with Crippen LogP contribution in [-0.2, 0) is 9.53 Å². The van der Waals surface area contributed by atoms with Crippen LogP contribution in [0, 0.1) is 6.92 Å². The third-order valence-electron chi connectivity index (χ3n) is 4.07. The molecule has 0 bridgehead atoms. The monoisotopic (exact) mass is 416 g/mol. The molecule has 0 saturated carbocycles. The Hall–Kier alpha value is -2.77. The van der Waals surface area contributed by atoms with Crippen molar-refractivity contribution in [2.24, 2.45) is 0 Å². The van der Waals surface area contributed by atoms with Crippen LogP contribution in [0.5, 0.6) is 0 Å². The number of aromatic amines is 1. The number of rotatable bonds is 5. The van der Waals surface area contributed by atoms with Crippen LogP contribution in [0.1, 0.15) is 15.9 Å². The standard InChI is InChI=1S/C20H17ClN2O4S/c1-11-7-8-12(9-14(11)21)22-16(24)10-28-19-17(20(26)27-2)18(25)13-5-3-4-6-15(13)23-19/h3-9H,10H2,1-2H3,(H,22,24)(H,23,25). The number of halogens is 1. The Labute approximate surface area is 170 Å². The Balaban J connectivity index is 1.84. The molecule has 2 aromatic carbocycles. The Bertz CT molecular complexity index is 1130. The Kier molecular flexibility index (Phi) is 6.06. The first-order valence-corrected chi connectivity index (χ1v) is 9.69. The zero-order chi connectivity index (χ0) is 20.3. The molecule has 0 aliphatic carbocycles. The molecule has 144 valence electrons. The molecule has 28 heavy (non-hydrogen) atoms. The van der Waals surface area contributed by atoms with Crippen LogP contribution >= 0.6 is 23.4 Å². The molecule has 1 amide bonds. The highest BCUT2D eigenvalue weighted by atomic mass is 35.5. The molecule has 0 aliphatic rings. The summed E-state index contributed by atoms with van der Waals surface area (Å²) in [6, 6.07) is 12.1. The number of thioether (sulfide) groups is 1. The Morgan fingerprint density at radius 2 is 1.96 bits per heavy atom. The van der Waals surface area contributed by atoms with E-state index in [2.05, 4.69) is 10.3 Å². The number of nitrogens with one attached hydrogen (secondary N) is 2. The number of methoxy groups -OCH3 is 1. The topological polar surface area (TPSA) is 88.3 Å². The average Bonchev–Trinajstić information content (AvgIpc) is 2.69. The van der Waals surface area contributed by atoms with Crippen molar-refractivity contribution in [3.63, 3.8) is 0 Å². The van der Waals surface area contributed by atoms with Crippen LogP contribution in [0.15, 0.2) is 52.3 Å². The molecule has 0 atom stereocenters. The second-order valence-corrected chi connectivity index (χ2v) is 7.39. The van der Waals surface area contributed by atoms with Gasteiger partial charge in [-0.3, -0.25) is 9.59 Å². The lowest BCUT2D eigenvalue weighted by Crippen LogP contribution is -2.20. The molecule has 6 nitrogen and oxygen atoms in total. The quantitative estimate of drug-likeness (QED) is 0.484. The van der Waals surface area contributed by atoms with Gasteiger partial charge in [0.2, 0.25) is 11.3 Å². The minimum Gasteiger partial charge on any atom is -0.465 e. The molecule has 0 radical (unpaired) electrons. The van der Waals surface area contributed by atoms with Crippen LogP contribution in [0.2, 0.25) is 5.02 Å². The SMILES string of the molecule is COC(=O)c1c(SCC(=O)Nc2ccc(C)c(Cl)c2)[nH]c2ccccc2c1=O. The van der Waals surface area contributed by atoms with E-state index >= 15 is 0 Å². The third kappa shape index (κ3) is 4.21. The predicted molar refractivity (Wildman–Crippen MR) is 111 cm³/mol. The molecule has 0 unspecified atom stereocenters. The highest BCUT2D eigenvalue weighted by Gasteiger charge is 2.20. The summed E-state index contributed by atoms with van der Waals surface area (Å²) in [7, 11) is 1.21. The van der Waals surface area contributed by atoms with E-state index in [0.717, 1.165) is 17.3 Å². The van der Waals surface area contributed by atoms with Crippen molar-refractivity contribution in [2.45, 2.75) is 11.9 Å². The number of fused-ring (bicyclic) bond motifs is 1. The fraction of sp³-hybridized carbons (Fsp3) is 0.150. The number of pyridine rings is 1. The average molecular weight is 417 g/mol. The zero-order valence-electron chi connectivity index (χ0n) is 15.2. The maximum Gasteiger partial charge on any atom is 0.344 e. The lowest BCUT2D eigenvalue weighted by Gasteiger charge is -2.10. The molecule has 1 heterocycles. The molecule has 2 N–H and O–H groups in total. The van der Waals surface area contributed by atoms with E-state index in [4.69, 9.17) is 16.3 Å². The minimum absolute atomic E-state index is 0.0101. The smallest absolute Gasteiger partial charge is 0.344 e. The van der Waals surface area contributed by atoms with E-state index in [0.29, 0.717) is 21.6 Å². The highest BCUT2D eigenvalue weighted by molar-refractivity contribution is 8.00. The van der Waals surface area contributed by atoms with Crippen molar-refractivity contribution in [2.75, 3.05) is 18.2 Å². The molecule has 1 aromatic heterocycles. The second-order valence-electron chi connectivity index (χ2n) is 6.00. The number of amides is 1. The number of aryl methyl sites for hydroxylation is 1. The summed E-state index contributed by atoms with van der Waals surface area (Å²) in [5.74, 6) is -1.06. The van der Waals surface area contributed by atoms with E-state index in [-0.39, 0.29) is 22.2 Å². The highest BCUT2D eigenvalue weighted by Crippen LogP contribution is 2.24. The molecule has 8 heteroatoms. The van der Waals surface area contributed by atoms with E-state index in [1.165, 1.54) is 7.11 Å². The molecule has 3 aromatic rings. The number of ether oxygens (including phenoxy) is 1.